The van der Waals surface area contributed by atoms with Crippen molar-refractivity contribution in [2.75, 3.05) is 49.9 Å². The number of quaternary nitrogens is 1. The summed E-state index contributed by atoms with van der Waals surface area (Å²) in [5, 5.41) is 15.0. The third-order valence-corrected chi connectivity index (χ3v) is 9.87. The van der Waals surface area contributed by atoms with Crippen LogP contribution in [0, 0.1) is 16.9 Å². The van der Waals surface area contributed by atoms with Crippen LogP contribution in [0.2, 0.25) is 0 Å². The Hall–Kier alpha value is -2.28. The largest absolute Gasteiger partial charge is 0.627 e. The van der Waals surface area contributed by atoms with Gasteiger partial charge in [-0.3, -0.25) is 0 Å². The van der Waals surface area contributed by atoms with Crippen molar-refractivity contribution >= 4 is 28.2 Å². The number of sulfonamides is 1. The number of hydrogen-bond acceptors (Lipinski definition) is 6. The number of halogens is 1. The van der Waals surface area contributed by atoms with Gasteiger partial charge in [0.25, 0.3) is 6.41 Å². The van der Waals surface area contributed by atoms with Crippen LogP contribution in [-0.2, 0) is 14.8 Å². The van der Waals surface area contributed by atoms with Gasteiger partial charge in [-0.1, -0.05) is 19.3 Å². The first-order chi connectivity index (χ1) is 17.8. The van der Waals surface area contributed by atoms with Gasteiger partial charge in [-0.15, -0.1) is 0 Å². The number of hydrogen-bond donors (Lipinski definition) is 2. The molecule has 2 heterocycles. The van der Waals surface area contributed by atoms with E-state index in [1.165, 1.54) is 22.9 Å². The Balaban J connectivity index is 1.37. The van der Waals surface area contributed by atoms with Gasteiger partial charge in [0, 0.05) is 56.9 Å². The number of amides is 3. The Kier molecular flexibility index (Phi) is 9.38. The van der Waals surface area contributed by atoms with Gasteiger partial charge in [0.1, 0.15) is 17.6 Å². The molecule has 10 nitrogen and oxygen atoms in total. The van der Waals surface area contributed by atoms with Crippen molar-refractivity contribution in [1.29, 1.82) is 0 Å². The van der Waals surface area contributed by atoms with Gasteiger partial charge in [0.05, 0.1) is 0 Å². The van der Waals surface area contributed by atoms with Crippen molar-refractivity contribution in [2.24, 2.45) is 5.92 Å². The number of benzene rings is 1. The smallest absolute Gasteiger partial charge is 0.317 e. The lowest BCUT2D eigenvalue weighted by Crippen LogP contribution is -3.12. The molecular formula is C25H38FN5O5S. The Morgan fingerprint density at radius 3 is 2.38 bits per heavy atom. The number of carbonyl (C=O) groups is 2. The number of hydroxylamine groups is 2. The summed E-state index contributed by atoms with van der Waals surface area (Å²) in [6.07, 6.45) is 6.76. The lowest BCUT2D eigenvalue weighted by atomic mass is 9.91. The minimum Gasteiger partial charge on any atom is -0.627 e. The van der Waals surface area contributed by atoms with Gasteiger partial charge in [-0.05, 0) is 49.9 Å². The zero-order chi connectivity index (χ0) is 26.4. The summed E-state index contributed by atoms with van der Waals surface area (Å²) in [5.41, 5.74) is 0.821. The van der Waals surface area contributed by atoms with Crippen molar-refractivity contribution in [3.63, 3.8) is 0 Å². The molecule has 0 aromatic heterocycles. The van der Waals surface area contributed by atoms with Crippen LogP contribution in [0.25, 0.3) is 0 Å². The number of piperidine rings is 1. The monoisotopic (exact) mass is 539 g/mol. The summed E-state index contributed by atoms with van der Waals surface area (Å²) >= 11 is 0. The summed E-state index contributed by atoms with van der Waals surface area (Å²) in [4.78, 5) is 28.0. The van der Waals surface area contributed by atoms with Crippen LogP contribution >= 0.6 is 0 Å². The predicted octanol–water partition coefficient (Wildman–Crippen LogP) is 0.940. The second kappa shape index (κ2) is 12.5. The van der Waals surface area contributed by atoms with Gasteiger partial charge in [-0.2, -0.15) is 4.31 Å². The molecule has 206 valence electrons. The van der Waals surface area contributed by atoms with Gasteiger partial charge in [-0.25, -0.2) is 22.4 Å². The molecular weight excluding hydrogens is 501 g/mol. The van der Waals surface area contributed by atoms with Gasteiger partial charge in [0.2, 0.25) is 10.0 Å². The standard InChI is InChI=1S/C25H38FN5O5S/c26-21-8-10-23(11-9-21)28-13-15-30(16-14-28)37(35,36)18-24(31(34)19-32)20-5-4-12-29(17-20)25(33)27-22-6-2-1-3-7-22/h8-11,19-20,22,24,31H,1-7,12-18H2,(H,27,33). The lowest BCUT2D eigenvalue weighted by molar-refractivity contribution is -0.787. The third kappa shape index (κ3) is 7.18. The van der Waals surface area contributed by atoms with Crippen LogP contribution in [0.3, 0.4) is 0 Å². The molecule has 1 aliphatic carbocycles. The third-order valence-electron chi connectivity index (χ3n) is 7.94. The molecule has 1 saturated carbocycles. The number of nitrogens with zero attached hydrogens (tertiary/aromatic N) is 3. The fourth-order valence-electron chi connectivity index (χ4n) is 5.78. The molecule has 2 saturated heterocycles. The zero-order valence-electron chi connectivity index (χ0n) is 21.2. The van der Waals surface area contributed by atoms with E-state index >= 15 is 0 Å². The molecule has 3 fully saturated rings. The van der Waals surface area contributed by atoms with Crippen molar-refractivity contribution < 1.29 is 27.5 Å². The topological polar surface area (TPSA) is 118 Å². The molecule has 1 aromatic carbocycles. The first kappa shape index (κ1) is 27.7. The Morgan fingerprint density at radius 1 is 1.05 bits per heavy atom. The van der Waals surface area contributed by atoms with Gasteiger partial charge in [0.15, 0.2) is 0 Å². The second-order valence-corrected chi connectivity index (χ2v) is 12.4. The van der Waals surface area contributed by atoms with E-state index in [1.54, 1.807) is 17.0 Å². The summed E-state index contributed by atoms with van der Waals surface area (Å²) in [5.74, 6) is -1.16. The van der Waals surface area contributed by atoms with E-state index < -0.39 is 26.9 Å². The number of piperazine rings is 1. The van der Waals surface area contributed by atoms with E-state index in [9.17, 15) is 27.6 Å². The first-order valence-electron chi connectivity index (χ1n) is 13.3. The van der Waals surface area contributed by atoms with Crippen molar-refractivity contribution in [1.82, 2.24) is 14.5 Å². The highest BCUT2D eigenvalue weighted by Crippen LogP contribution is 2.23. The van der Waals surface area contributed by atoms with E-state index in [2.05, 4.69) is 5.32 Å². The number of rotatable bonds is 8. The molecule has 1 aromatic rings. The summed E-state index contributed by atoms with van der Waals surface area (Å²) in [6.45, 7) is 2.17. The van der Waals surface area contributed by atoms with E-state index in [1.807, 2.05) is 4.90 Å². The summed E-state index contributed by atoms with van der Waals surface area (Å²) < 4.78 is 41.2. The van der Waals surface area contributed by atoms with E-state index in [0.29, 0.717) is 32.5 Å². The number of nitrogens with one attached hydrogen (secondary N) is 2. The Morgan fingerprint density at radius 2 is 1.73 bits per heavy atom. The quantitative estimate of drug-likeness (QED) is 0.375. The number of carbonyl (C=O) groups excluding carboxylic acids is 2. The molecule has 0 bridgehead atoms. The van der Waals surface area contributed by atoms with Gasteiger partial charge < -0.3 is 25.4 Å². The molecule has 12 heteroatoms. The van der Waals surface area contributed by atoms with Crippen LogP contribution in [0.5, 0.6) is 0 Å². The van der Waals surface area contributed by atoms with E-state index in [4.69, 9.17) is 0 Å². The maximum Gasteiger partial charge on any atom is 0.317 e. The number of anilines is 1. The molecule has 0 spiro atoms. The molecule has 37 heavy (non-hydrogen) atoms. The highest BCUT2D eigenvalue weighted by molar-refractivity contribution is 7.89. The van der Waals surface area contributed by atoms with Crippen LogP contribution in [0.4, 0.5) is 14.9 Å². The SMILES string of the molecule is O=C[NH+]([O-])C(CS(=O)(=O)N1CCN(c2ccc(F)cc2)CC1)C1CCCN(C(=O)NC2CCCCC2)C1. The van der Waals surface area contributed by atoms with Crippen molar-refractivity contribution in [2.45, 2.75) is 57.0 Å². The summed E-state index contributed by atoms with van der Waals surface area (Å²) in [6, 6.07) is 5.07. The first-order valence-corrected chi connectivity index (χ1v) is 14.9. The Bertz CT molecular complexity index is 1010. The number of likely N-dealkylation sites (tertiary alicyclic amines) is 1. The molecule has 3 atom stereocenters. The number of urea groups is 1. The van der Waals surface area contributed by atoms with Crippen molar-refractivity contribution in [3.8, 4) is 0 Å². The molecule has 2 aliphatic heterocycles. The van der Waals surface area contributed by atoms with Crippen LogP contribution in [0.1, 0.15) is 44.9 Å². The second-order valence-electron chi connectivity index (χ2n) is 10.4. The van der Waals surface area contributed by atoms with Gasteiger partial charge >= 0.3 is 6.03 Å². The molecule has 4 rings (SSSR count). The molecule has 3 amide bonds. The van der Waals surface area contributed by atoms with Crippen LogP contribution < -0.4 is 15.3 Å². The fraction of sp³-hybridized carbons (Fsp3) is 0.680. The normalized spacial score (nSPS) is 23.9. The minimum absolute atomic E-state index is 0.156. The molecule has 3 aliphatic rings. The molecule has 3 unspecified atom stereocenters. The highest BCUT2D eigenvalue weighted by Gasteiger charge is 2.39. The maximum atomic E-state index is 13.3. The highest BCUT2D eigenvalue weighted by atomic mass is 32.2. The maximum absolute atomic E-state index is 13.3. The van der Waals surface area contributed by atoms with E-state index in [0.717, 1.165) is 31.4 Å². The minimum atomic E-state index is -3.81. The van der Waals surface area contributed by atoms with Crippen LogP contribution in [0.15, 0.2) is 24.3 Å². The predicted molar refractivity (Wildman–Crippen MR) is 138 cm³/mol. The average Bonchev–Trinajstić information content (AvgIpc) is 2.92. The van der Waals surface area contributed by atoms with E-state index in [-0.39, 0.29) is 49.9 Å². The fourth-order valence-corrected chi connectivity index (χ4v) is 7.60. The Labute approximate surface area is 218 Å². The molecule has 0 radical (unpaired) electrons. The summed E-state index contributed by atoms with van der Waals surface area (Å²) in [7, 11) is -3.81. The molecule has 2 N–H and O–H groups in total. The zero-order valence-corrected chi connectivity index (χ0v) is 22.0. The average molecular weight is 540 g/mol. The van der Waals surface area contributed by atoms with Crippen molar-refractivity contribution in [3.05, 3.63) is 35.3 Å². The lowest BCUT2D eigenvalue weighted by Gasteiger charge is -2.41. The van der Waals surface area contributed by atoms with Crippen LogP contribution in [-0.4, -0.2) is 87.2 Å².